The standard InChI is InChI=1S/C17H12O3S/c18-16-13(10-21-15-4-2-1-3-14(15)16)9-11-5-7-12(8-6-11)17(19)20/h1-9H,10H2,(H,19,20). The van der Waals surface area contributed by atoms with Gasteiger partial charge in [-0.05, 0) is 35.9 Å². The SMILES string of the molecule is O=C(O)c1ccc(C=C2CSc3ccccc3C2=O)cc1. The van der Waals surface area contributed by atoms with Crippen molar-refractivity contribution in [1.29, 1.82) is 0 Å². The van der Waals surface area contributed by atoms with Gasteiger partial charge < -0.3 is 5.11 Å². The van der Waals surface area contributed by atoms with Gasteiger partial charge in [0.25, 0.3) is 0 Å². The Morgan fingerprint density at radius 1 is 1.10 bits per heavy atom. The Kier molecular flexibility index (Phi) is 3.62. The number of carbonyl (C=O) groups excluding carboxylic acids is 1. The van der Waals surface area contributed by atoms with Crippen LogP contribution in [0.15, 0.2) is 59.0 Å². The summed E-state index contributed by atoms with van der Waals surface area (Å²) in [5.74, 6) is -0.268. The summed E-state index contributed by atoms with van der Waals surface area (Å²) < 4.78 is 0. The molecule has 1 heterocycles. The predicted molar refractivity (Wildman–Crippen MR) is 82.9 cm³/mol. The summed E-state index contributed by atoms with van der Waals surface area (Å²) >= 11 is 1.64. The monoisotopic (exact) mass is 296 g/mol. The number of benzene rings is 2. The van der Waals surface area contributed by atoms with Gasteiger partial charge in [-0.1, -0.05) is 24.3 Å². The molecule has 1 N–H and O–H groups in total. The number of aromatic carboxylic acids is 1. The fraction of sp³-hybridized carbons (Fsp3) is 0.0588. The molecule has 4 heteroatoms. The molecule has 3 rings (SSSR count). The lowest BCUT2D eigenvalue weighted by molar-refractivity contribution is 0.0696. The second kappa shape index (κ2) is 5.58. The summed E-state index contributed by atoms with van der Waals surface area (Å²) in [5.41, 5.74) is 2.55. The van der Waals surface area contributed by atoms with Crippen molar-refractivity contribution in [3.05, 3.63) is 70.8 Å². The molecule has 0 saturated heterocycles. The van der Waals surface area contributed by atoms with Crippen molar-refractivity contribution in [2.75, 3.05) is 5.75 Å². The van der Waals surface area contributed by atoms with E-state index < -0.39 is 5.97 Å². The minimum Gasteiger partial charge on any atom is -0.478 e. The van der Waals surface area contributed by atoms with Gasteiger partial charge in [0.1, 0.15) is 0 Å². The van der Waals surface area contributed by atoms with Crippen LogP contribution in [-0.2, 0) is 0 Å². The third kappa shape index (κ3) is 2.76. The van der Waals surface area contributed by atoms with Crippen molar-refractivity contribution in [2.24, 2.45) is 0 Å². The maximum atomic E-state index is 12.4. The van der Waals surface area contributed by atoms with E-state index in [1.54, 1.807) is 36.0 Å². The normalized spacial score (nSPS) is 15.8. The quantitative estimate of drug-likeness (QED) is 0.857. The average Bonchev–Trinajstić information content (AvgIpc) is 2.51. The molecule has 3 nitrogen and oxygen atoms in total. The zero-order valence-electron chi connectivity index (χ0n) is 11.1. The number of carboxylic acid groups (broad SMARTS) is 1. The lowest BCUT2D eigenvalue weighted by Crippen LogP contribution is -2.12. The first-order valence-electron chi connectivity index (χ1n) is 6.45. The molecular weight excluding hydrogens is 284 g/mol. The minimum atomic E-state index is -0.951. The Balaban J connectivity index is 1.91. The second-order valence-corrected chi connectivity index (χ2v) is 5.73. The number of fused-ring (bicyclic) bond motifs is 1. The van der Waals surface area contributed by atoms with E-state index in [0.717, 1.165) is 21.6 Å². The molecular formula is C17H12O3S. The molecule has 1 aliphatic heterocycles. The van der Waals surface area contributed by atoms with Gasteiger partial charge in [0.15, 0.2) is 5.78 Å². The molecule has 0 bridgehead atoms. The summed E-state index contributed by atoms with van der Waals surface area (Å²) in [6, 6.07) is 14.1. The number of Topliss-reactive ketones (excluding diaryl/α,β-unsaturated/α-hetero) is 1. The van der Waals surface area contributed by atoms with Crippen LogP contribution in [0.4, 0.5) is 0 Å². The number of rotatable bonds is 2. The third-order valence-electron chi connectivity index (χ3n) is 3.31. The van der Waals surface area contributed by atoms with Crippen LogP contribution < -0.4 is 0 Å². The van der Waals surface area contributed by atoms with Crippen molar-refractivity contribution < 1.29 is 14.7 Å². The van der Waals surface area contributed by atoms with Crippen LogP contribution in [0.1, 0.15) is 26.3 Å². The molecule has 0 aliphatic carbocycles. The summed E-state index contributed by atoms with van der Waals surface area (Å²) in [6.45, 7) is 0. The van der Waals surface area contributed by atoms with Gasteiger partial charge in [0.05, 0.1) is 5.56 Å². The first-order valence-corrected chi connectivity index (χ1v) is 7.44. The van der Waals surface area contributed by atoms with E-state index in [1.165, 1.54) is 0 Å². The molecule has 0 fully saturated rings. The predicted octanol–water partition coefficient (Wildman–Crippen LogP) is 3.76. The largest absolute Gasteiger partial charge is 0.478 e. The van der Waals surface area contributed by atoms with Gasteiger partial charge in [-0.3, -0.25) is 4.79 Å². The van der Waals surface area contributed by atoms with Crippen LogP contribution in [0, 0.1) is 0 Å². The molecule has 21 heavy (non-hydrogen) atoms. The number of carboxylic acids is 1. The summed E-state index contributed by atoms with van der Waals surface area (Å²) in [7, 11) is 0. The van der Waals surface area contributed by atoms with E-state index in [-0.39, 0.29) is 11.3 Å². The number of hydrogen-bond acceptors (Lipinski definition) is 3. The first kappa shape index (κ1) is 13.6. The fourth-order valence-electron chi connectivity index (χ4n) is 2.20. The van der Waals surface area contributed by atoms with Crippen molar-refractivity contribution >= 4 is 29.6 Å². The van der Waals surface area contributed by atoms with Crippen LogP contribution in [0.25, 0.3) is 6.08 Å². The number of ketones is 1. The van der Waals surface area contributed by atoms with Crippen LogP contribution >= 0.6 is 11.8 Å². The van der Waals surface area contributed by atoms with Crippen molar-refractivity contribution in [3.63, 3.8) is 0 Å². The Morgan fingerprint density at radius 3 is 2.52 bits per heavy atom. The molecule has 0 unspecified atom stereocenters. The zero-order valence-corrected chi connectivity index (χ0v) is 11.9. The summed E-state index contributed by atoms with van der Waals surface area (Å²) in [4.78, 5) is 24.3. The van der Waals surface area contributed by atoms with E-state index in [0.29, 0.717) is 5.75 Å². The van der Waals surface area contributed by atoms with Crippen LogP contribution in [0.2, 0.25) is 0 Å². The van der Waals surface area contributed by atoms with Gasteiger partial charge in [-0.15, -0.1) is 11.8 Å². The van der Waals surface area contributed by atoms with Crippen molar-refractivity contribution in [1.82, 2.24) is 0 Å². The number of thioether (sulfide) groups is 1. The summed E-state index contributed by atoms with van der Waals surface area (Å²) in [5, 5.41) is 8.88. The highest BCUT2D eigenvalue weighted by atomic mass is 32.2. The van der Waals surface area contributed by atoms with Crippen LogP contribution in [-0.4, -0.2) is 22.6 Å². The Hall–Kier alpha value is -2.33. The Morgan fingerprint density at radius 2 is 1.81 bits per heavy atom. The lowest BCUT2D eigenvalue weighted by Gasteiger charge is -2.16. The smallest absolute Gasteiger partial charge is 0.335 e. The molecule has 1 aliphatic rings. The van der Waals surface area contributed by atoms with E-state index >= 15 is 0 Å². The number of carbonyl (C=O) groups is 2. The van der Waals surface area contributed by atoms with Crippen LogP contribution in [0.3, 0.4) is 0 Å². The lowest BCUT2D eigenvalue weighted by atomic mass is 10.0. The molecule has 2 aromatic carbocycles. The molecule has 0 saturated carbocycles. The Bertz CT molecular complexity index is 745. The zero-order chi connectivity index (χ0) is 14.8. The second-order valence-electron chi connectivity index (χ2n) is 4.71. The van der Waals surface area contributed by atoms with E-state index in [4.69, 9.17) is 5.11 Å². The maximum Gasteiger partial charge on any atom is 0.335 e. The highest BCUT2D eigenvalue weighted by molar-refractivity contribution is 7.99. The molecule has 0 atom stereocenters. The first-order chi connectivity index (χ1) is 10.1. The molecule has 0 radical (unpaired) electrons. The molecule has 0 aromatic heterocycles. The van der Waals surface area contributed by atoms with E-state index in [2.05, 4.69) is 0 Å². The average molecular weight is 296 g/mol. The van der Waals surface area contributed by atoms with Gasteiger partial charge in [0, 0.05) is 21.8 Å². The topological polar surface area (TPSA) is 54.4 Å². The highest BCUT2D eigenvalue weighted by Gasteiger charge is 2.21. The van der Waals surface area contributed by atoms with Gasteiger partial charge in [-0.25, -0.2) is 4.79 Å². The van der Waals surface area contributed by atoms with Crippen molar-refractivity contribution in [2.45, 2.75) is 4.90 Å². The van der Waals surface area contributed by atoms with Gasteiger partial charge in [-0.2, -0.15) is 0 Å². The minimum absolute atomic E-state index is 0.0478. The number of hydrogen-bond donors (Lipinski definition) is 1. The van der Waals surface area contributed by atoms with Crippen LogP contribution in [0.5, 0.6) is 0 Å². The van der Waals surface area contributed by atoms with E-state index in [1.807, 2.05) is 30.3 Å². The third-order valence-corrected chi connectivity index (χ3v) is 4.43. The fourth-order valence-corrected chi connectivity index (χ4v) is 3.22. The van der Waals surface area contributed by atoms with Gasteiger partial charge >= 0.3 is 5.97 Å². The molecule has 2 aromatic rings. The molecule has 0 spiro atoms. The Labute approximate surface area is 126 Å². The molecule has 104 valence electrons. The van der Waals surface area contributed by atoms with E-state index in [9.17, 15) is 9.59 Å². The van der Waals surface area contributed by atoms with Crippen molar-refractivity contribution in [3.8, 4) is 0 Å². The maximum absolute atomic E-state index is 12.4. The van der Waals surface area contributed by atoms with Gasteiger partial charge in [0.2, 0.25) is 0 Å². The highest BCUT2D eigenvalue weighted by Crippen LogP contribution is 2.33. The molecule has 0 amide bonds. The summed E-state index contributed by atoms with van der Waals surface area (Å²) in [6.07, 6.45) is 1.83.